The van der Waals surface area contributed by atoms with Crippen LogP contribution in [0.15, 0.2) is 22.8 Å². The maximum atomic E-state index is 11.7. The summed E-state index contributed by atoms with van der Waals surface area (Å²) in [6.45, 7) is 3.93. The molecule has 1 heterocycles. The second kappa shape index (κ2) is 4.96. The Hall–Kier alpha value is -1.09. The van der Waals surface area contributed by atoms with Crippen LogP contribution < -0.4 is 0 Å². The summed E-state index contributed by atoms with van der Waals surface area (Å²) >= 11 is 0. The van der Waals surface area contributed by atoms with Crippen molar-refractivity contribution in [1.82, 2.24) is 0 Å². The van der Waals surface area contributed by atoms with Gasteiger partial charge < -0.3 is 9.15 Å². The molecule has 1 aromatic heterocycles. The van der Waals surface area contributed by atoms with Crippen LogP contribution >= 0.6 is 0 Å². The third kappa shape index (κ3) is 2.70. The predicted octanol–water partition coefficient (Wildman–Crippen LogP) is 2.06. The molecule has 0 spiro atoms. The monoisotopic (exact) mass is 196 g/mol. The minimum absolute atomic E-state index is 0.0671. The molecule has 0 saturated heterocycles. The molecule has 1 aromatic rings. The molecule has 0 N–H and O–H groups in total. The van der Waals surface area contributed by atoms with Crippen LogP contribution in [0.2, 0.25) is 0 Å². The highest BCUT2D eigenvalue weighted by Crippen LogP contribution is 2.11. The number of methoxy groups -OCH3 is 1. The molecule has 0 aromatic carbocycles. The van der Waals surface area contributed by atoms with E-state index < -0.39 is 0 Å². The first-order valence-electron chi connectivity index (χ1n) is 4.73. The number of hydrogen-bond donors (Lipinski definition) is 0. The van der Waals surface area contributed by atoms with Crippen molar-refractivity contribution in [3.05, 3.63) is 24.2 Å². The standard InChI is InChI=1S/C11H16O3/c1-8(2)11(13-3)10(12)7-9-5-4-6-14-9/h4-6,8,11H,7H2,1-3H3. The Morgan fingerprint density at radius 1 is 1.57 bits per heavy atom. The largest absolute Gasteiger partial charge is 0.469 e. The maximum Gasteiger partial charge on any atom is 0.169 e. The SMILES string of the molecule is COC(C(=O)Cc1ccco1)C(C)C. The Morgan fingerprint density at radius 2 is 2.29 bits per heavy atom. The Morgan fingerprint density at radius 3 is 2.71 bits per heavy atom. The van der Waals surface area contributed by atoms with Crippen molar-refractivity contribution in [2.45, 2.75) is 26.4 Å². The minimum atomic E-state index is -0.333. The van der Waals surface area contributed by atoms with Crippen LogP contribution in [0, 0.1) is 5.92 Å². The van der Waals surface area contributed by atoms with Crippen molar-refractivity contribution in [3.8, 4) is 0 Å². The fourth-order valence-corrected chi connectivity index (χ4v) is 1.46. The van der Waals surface area contributed by atoms with Crippen molar-refractivity contribution >= 4 is 5.78 Å². The van der Waals surface area contributed by atoms with E-state index in [0.29, 0.717) is 12.2 Å². The molecule has 1 atom stereocenters. The van der Waals surface area contributed by atoms with Gasteiger partial charge in [0.2, 0.25) is 0 Å². The third-order valence-electron chi connectivity index (χ3n) is 2.11. The average molecular weight is 196 g/mol. The summed E-state index contributed by atoms with van der Waals surface area (Å²) in [5, 5.41) is 0. The zero-order valence-corrected chi connectivity index (χ0v) is 8.82. The number of carbonyl (C=O) groups excluding carboxylic acids is 1. The molecule has 0 aliphatic heterocycles. The first-order chi connectivity index (χ1) is 6.65. The fourth-order valence-electron chi connectivity index (χ4n) is 1.46. The van der Waals surface area contributed by atoms with E-state index in [0.717, 1.165) is 0 Å². The van der Waals surface area contributed by atoms with E-state index in [2.05, 4.69) is 0 Å². The molecule has 0 amide bonds. The Labute approximate surface area is 84.1 Å². The van der Waals surface area contributed by atoms with E-state index in [9.17, 15) is 4.79 Å². The van der Waals surface area contributed by atoms with Crippen molar-refractivity contribution in [1.29, 1.82) is 0 Å². The third-order valence-corrected chi connectivity index (χ3v) is 2.11. The first-order valence-corrected chi connectivity index (χ1v) is 4.73. The van der Waals surface area contributed by atoms with E-state index >= 15 is 0 Å². The number of Topliss-reactive ketones (excluding diaryl/α,β-unsaturated/α-hetero) is 1. The van der Waals surface area contributed by atoms with Gasteiger partial charge in [0.15, 0.2) is 5.78 Å². The molecule has 0 fully saturated rings. The second-order valence-corrected chi connectivity index (χ2v) is 3.62. The summed E-state index contributed by atoms with van der Waals surface area (Å²) in [4.78, 5) is 11.7. The smallest absolute Gasteiger partial charge is 0.169 e. The van der Waals surface area contributed by atoms with Gasteiger partial charge in [0.05, 0.1) is 12.7 Å². The predicted molar refractivity (Wildman–Crippen MR) is 53.1 cm³/mol. The van der Waals surface area contributed by atoms with Crippen molar-refractivity contribution in [2.75, 3.05) is 7.11 Å². The number of furan rings is 1. The lowest BCUT2D eigenvalue weighted by Gasteiger charge is -2.16. The number of hydrogen-bond acceptors (Lipinski definition) is 3. The molecule has 0 bridgehead atoms. The second-order valence-electron chi connectivity index (χ2n) is 3.62. The van der Waals surface area contributed by atoms with Gasteiger partial charge in [0, 0.05) is 7.11 Å². The van der Waals surface area contributed by atoms with Gasteiger partial charge in [-0.25, -0.2) is 0 Å². The van der Waals surface area contributed by atoms with Crippen LogP contribution in [0.3, 0.4) is 0 Å². The lowest BCUT2D eigenvalue weighted by atomic mass is 10.0. The van der Waals surface area contributed by atoms with E-state index in [1.165, 1.54) is 0 Å². The zero-order chi connectivity index (χ0) is 10.6. The van der Waals surface area contributed by atoms with E-state index in [4.69, 9.17) is 9.15 Å². The van der Waals surface area contributed by atoms with E-state index in [1.54, 1.807) is 25.5 Å². The van der Waals surface area contributed by atoms with Crippen molar-refractivity contribution in [2.24, 2.45) is 5.92 Å². The number of ether oxygens (including phenoxy) is 1. The molecule has 0 aliphatic rings. The molecule has 78 valence electrons. The molecule has 0 radical (unpaired) electrons. The van der Waals surface area contributed by atoms with Crippen LogP contribution in [0.4, 0.5) is 0 Å². The lowest BCUT2D eigenvalue weighted by Crippen LogP contribution is -2.29. The normalized spacial score (nSPS) is 13.1. The first kappa shape index (κ1) is 11.0. The topological polar surface area (TPSA) is 39.4 Å². The van der Waals surface area contributed by atoms with Crippen molar-refractivity contribution in [3.63, 3.8) is 0 Å². The van der Waals surface area contributed by atoms with Gasteiger partial charge in [-0.2, -0.15) is 0 Å². The summed E-state index contributed by atoms with van der Waals surface area (Å²) in [6, 6.07) is 3.57. The van der Waals surface area contributed by atoms with Gasteiger partial charge in [-0.05, 0) is 18.1 Å². The molecule has 0 aliphatic carbocycles. The summed E-state index contributed by atoms with van der Waals surface area (Å²) in [5.41, 5.74) is 0. The molecule has 3 nitrogen and oxygen atoms in total. The van der Waals surface area contributed by atoms with Crippen LogP contribution in [-0.2, 0) is 16.0 Å². The minimum Gasteiger partial charge on any atom is -0.469 e. The summed E-state index contributed by atoms with van der Waals surface area (Å²) in [5.74, 6) is 0.956. The highest BCUT2D eigenvalue weighted by molar-refractivity contribution is 5.84. The Balaban J connectivity index is 2.56. The van der Waals surface area contributed by atoms with Gasteiger partial charge in [-0.1, -0.05) is 13.8 Å². The van der Waals surface area contributed by atoms with Gasteiger partial charge >= 0.3 is 0 Å². The fraction of sp³-hybridized carbons (Fsp3) is 0.545. The zero-order valence-electron chi connectivity index (χ0n) is 8.82. The van der Waals surface area contributed by atoms with Gasteiger partial charge in [0.25, 0.3) is 0 Å². The lowest BCUT2D eigenvalue weighted by molar-refractivity contribution is -0.130. The summed E-state index contributed by atoms with van der Waals surface area (Å²) in [6.07, 6.45) is 1.55. The number of rotatable bonds is 5. The van der Waals surface area contributed by atoms with Gasteiger partial charge in [0.1, 0.15) is 11.9 Å². The summed E-state index contributed by atoms with van der Waals surface area (Å²) in [7, 11) is 1.56. The van der Waals surface area contributed by atoms with Crippen LogP contribution in [0.25, 0.3) is 0 Å². The average Bonchev–Trinajstić information content (AvgIpc) is 2.57. The molecule has 14 heavy (non-hydrogen) atoms. The molecular formula is C11H16O3. The molecule has 1 unspecified atom stereocenters. The van der Waals surface area contributed by atoms with Gasteiger partial charge in [-0.15, -0.1) is 0 Å². The highest BCUT2D eigenvalue weighted by atomic mass is 16.5. The van der Waals surface area contributed by atoms with E-state index in [1.807, 2.05) is 13.8 Å². The molecule has 1 rings (SSSR count). The Bertz CT molecular complexity index is 275. The van der Waals surface area contributed by atoms with Gasteiger partial charge in [-0.3, -0.25) is 4.79 Å². The Kier molecular flexibility index (Phi) is 3.89. The quantitative estimate of drug-likeness (QED) is 0.723. The summed E-state index contributed by atoms with van der Waals surface area (Å²) < 4.78 is 10.2. The van der Waals surface area contributed by atoms with Crippen molar-refractivity contribution < 1.29 is 13.9 Å². The highest BCUT2D eigenvalue weighted by Gasteiger charge is 2.22. The number of carbonyl (C=O) groups is 1. The van der Waals surface area contributed by atoms with Crippen LogP contribution in [0.1, 0.15) is 19.6 Å². The molecule has 0 saturated carbocycles. The van der Waals surface area contributed by atoms with Crippen LogP contribution in [0.5, 0.6) is 0 Å². The molecule has 3 heteroatoms. The van der Waals surface area contributed by atoms with Crippen LogP contribution in [-0.4, -0.2) is 19.0 Å². The molecular weight excluding hydrogens is 180 g/mol. The van der Waals surface area contributed by atoms with E-state index in [-0.39, 0.29) is 17.8 Å². The number of ketones is 1. The maximum absolute atomic E-state index is 11.7.